The van der Waals surface area contributed by atoms with Gasteiger partial charge in [-0.2, -0.15) is 0 Å². The lowest BCUT2D eigenvalue weighted by molar-refractivity contribution is -0.125. The smallest absolute Gasteiger partial charge is 0.220 e. The molecule has 5 heteroatoms. The molecule has 0 aromatic heterocycles. The summed E-state index contributed by atoms with van der Waals surface area (Å²) in [7, 11) is 0. The van der Waals surface area contributed by atoms with E-state index in [1.165, 1.54) is 12.8 Å². The Labute approximate surface area is 108 Å². The van der Waals surface area contributed by atoms with E-state index in [2.05, 4.69) is 16.0 Å². The van der Waals surface area contributed by atoms with Gasteiger partial charge in [-0.05, 0) is 44.7 Å². The van der Waals surface area contributed by atoms with Crippen LogP contribution in [0, 0.1) is 5.92 Å². The van der Waals surface area contributed by atoms with Crippen LogP contribution in [0.3, 0.4) is 0 Å². The van der Waals surface area contributed by atoms with Crippen molar-refractivity contribution < 1.29 is 9.59 Å². The lowest BCUT2D eigenvalue weighted by atomic mass is 9.93. The van der Waals surface area contributed by atoms with Crippen molar-refractivity contribution in [3.05, 3.63) is 0 Å². The average Bonchev–Trinajstić information content (AvgIpc) is 2.40. The van der Waals surface area contributed by atoms with Crippen molar-refractivity contribution in [2.75, 3.05) is 19.6 Å². The Morgan fingerprint density at radius 1 is 1.28 bits per heavy atom. The highest BCUT2D eigenvalue weighted by Crippen LogP contribution is 2.17. The molecule has 2 rings (SSSR count). The fourth-order valence-corrected chi connectivity index (χ4v) is 2.66. The number of rotatable bonds is 4. The van der Waals surface area contributed by atoms with Gasteiger partial charge in [0.05, 0.1) is 0 Å². The van der Waals surface area contributed by atoms with E-state index < -0.39 is 0 Å². The zero-order chi connectivity index (χ0) is 12.8. The number of carbonyl (C=O) groups excluding carboxylic acids is 2. The zero-order valence-corrected chi connectivity index (χ0v) is 10.8. The lowest BCUT2D eigenvalue weighted by Gasteiger charge is -2.25. The van der Waals surface area contributed by atoms with Crippen molar-refractivity contribution >= 4 is 11.8 Å². The molecule has 0 radical (unpaired) electrons. The van der Waals surface area contributed by atoms with Crippen LogP contribution in [0.25, 0.3) is 0 Å². The molecule has 2 aliphatic heterocycles. The van der Waals surface area contributed by atoms with E-state index in [4.69, 9.17) is 0 Å². The van der Waals surface area contributed by atoms with Crippen LogP contribution in [0.15, 0.2) is 0 Å². The molecule has 1 atom stereocenters. The van der Waals surface area contributed by atoms with Crippen LogP contribution >= 0.6 is 0 Å². The first-order valence-corrected chi connectivity index (χ1v) is 7.01. The molecular formula is C13H23N3O2. The maximum Gasteiger partial charge on any atom is 0.220 e. The fourth-order valence-electron chi connectivity index (χ4n) is 2.66. The van der Waals surface area contributed by atoms with Gasteiger partial charge < -0.3 is 16.0 Å². The van der Waals surface area contributed by atoms with Crippen molar-refractivity contribution in [1.82, 2.24) is 16.0 Å². The monoisotopic (exact) mass is 253 g/mol. The van der Waals surface area contributed by atoms with E-state index in [1.54, 1.807) is 0 Å². The van der Waals surface area contributed by atoms with E-state index in [9.17, 15) is 9.59 Å². The minimum Gasteiger partial charge on any atom is -0.354 e. The summed E-state index contributed by atoms with van der Waals surface area (Å²) < 4.78 is 0. The van der Waals surface area contributed by atoms with Crippen LogP contribution < -0.4 is 16.0 Å². The second kappa shape index (κ2) is 6.73. The normalized spacial score (nSPS) is 25.6. The molecule has 2 amide bonds. The third-order valence-corrected chi connectivity index (χ3v) is 3.87. The van der Waals surface area contributed by atoms with Crippen LogP contribution in [-0.2, 0) is 9.59 Å². The van der Waals surface area contributed by atoms with Crippen molar-refractivity contribution in [3.8, 4) is 0 Å². The molecule has 3 N–H and O–H groups in total. The van der Waals surface area contributed by atoms with E-state index in [-0.39, 0.29) is 17.9 Å². The first-order valence-electron chi connectivity index (χ1n) is 7.01. The topological polar surface area (TPSA) is 70.2 Å². The van der Waals surface area contributed by atoms with Gasteiger partial charge in [0, 0.05) is 25.4 Å². The van der Waals surface area contributed by atoms with Crippen molar-refractivity contribution in [2.45, 2.75) is 44.6 Å². The molecule has 0 aromatic rings. The molecule has 2 aliphatic rings. The Hall–Kier alpha value is -1.10. The average molecular weight is 253 g/mol. The third kappa shape index (κ3) is 4.29. The molecule has 102 valence electrons. The maximum absolute atomic E-state index is 11.8. The molecule has 2 fully saturated rings. The third-order valence-electron chi connectivity index (χ3n) is 3.87. The van der Waals surface area contributed by atoms with Gasteiger partial charge in [-0.15, -0.1) is 0 Å². The molecule has 0 spiro atoms. The molecule has 0 bridgehead atoms. The van der Waals surface area contributed by atoms with E-state index in [0.29, 0.717) is 25.3 Å². The predicted molar refractivity (Wildman–Crippen MR) is 69.0 cm³/mol. The zero-order valence-electron chi connectivity index (χ0n) is 10.8. The number of amides is 2. The largest absolute Gasteiger partial charge is 0.354 e. The first kappa shape index (κ1) is 13.3. The van der Waals surface area contributed by atoms with Gasteiger partial charge in [0.1, 0.15) is 0 Å². The van der Waals surface area contributed by atoms with Gasteiger partial charge in [0.2, 0.25) is 11.8 Å². The quantitative estimate of drug-likeness (QED) is 0.668. The van der Waals surface area contributed by atoms with E-state index in [1.807, 2.05) is 0 Å². The summed E-state index contributed by atoms with van der Waals surface area (Å²) in [5, 5.41) is 9.12. The molecular weight excluding hydrogens is 230 g/mol. The van der Waals surface area contributed by atoms with Gasteiger partial charge in [-0.25, -0.2) is 0 Å². The Morgan fingerprint density at radius 3 is 2.72 bits per heavy atom. The number of piperidine rings is 2. The van der Waals surface area contributed by atoms with Gasteiger partial charge >= 0.3 is 0 Å². The number of hydrogen-bond acceptors (Lipinski definition) is 3. The summed E-state index contributed by atoms with van der Waals surface area (Å²) in [6, 6.07) is 0.128. The predicted octanol–water partition coefficient (Wildman–Crippen LogP) is 0.161. The number of carbonyl (C=O) groups is 2. The molecule has 0 aromatic carbocycles. The highest BCUT2D eigenvalue weighted by atomic mass is 16.2. The Balaban J connectivity index is 1.61. The summed E-state index contributed by atoms with van der Waals surface area (Å²) in [5.41, 5.74) is 0. The SMILES string of the molecule is O=C1CCC(NC(=O)CCC2CCNCC2)CN1. The summed E-state index contributed by atoms with van der Waals surface area (Å²) in [6.45, 7) is 2.75. The van der Waals surface area contributed by atoms with Crippen LogP contribution in [0.2, 0.25) is 0 Å². The fraction of sp³-hybridized carbons (Fsp3) is 0.846. The van der Waals surface area contributed by atoms with Crippen molar-refractivity contribution in [1.29, 1.82) is 0 Å². The van der Waals surface area contributed by atoms with Gasteiger partial charge in [-0.3, -0.25) is 9.59 Å². The number of hydrogen-bond donors (Lipinski definition) is 3. The van der Waals surface area contributed by atoms with Crippen LogP contribution in [0.4, 0.5) is 0 Å². The van der Waals surface area contributed by atoms with Crippen LogP contribution in [-0.4, -0.2) is 37.5 Å². The summed E-state index contributed by atoms with van der Waals surface area (Å²) in [4.78, 5) is 22.8. The minimum atomic E-state index is 0.0928. The Kier molecular flexibility index (Phi) is 4.99. The molecule has 0 saturated carbocycles. The highest BCUT2D eigenvalue weighted by Gasteiger charge is 2.20. The molecule has 5 nitrogen and oxygen atoms in total. The van der Waals surface area contributed by atoms with Gasteiger partial charge in [-0.1, -0.05) is 0 Å². The molecule has 0 aliphatic carbocycles. The first-order chi connectivity index (χ1) is 8.74. The summed E-state index contributed by atoms with van der Waals surface area (Å²) >= 11 is 0. The Bertz CT molecular complexity index is 291. The molecule has 18 heavy (non-hydrogen) atoms. The van der Waals surface area contributed by atoms with Gasteiger partial charge in [0.25, 0.3) is 0 Å². The van der Waals surface area contributed by atoms with Crippen molar-refractivity contribution in [3.63, 3.8) is 0 Å². The van der Waals surface area contributed by atoms with Gasteiger partial charge in [0.15, 0.2) is 0 Å². The second-order valence-electron chi connectivity index (χ2n) is 5.34. The van der Waals surface area contributed by atoms with Crippen molar-refractivity contribution in [2.24, 2.45) is 5.92 Å². The maximum atomic E-state index is 11.8. The van der Waals surface area contributed by atoms with Crippen LogP contribution in [0.5, 0.6) is 0 Å². The molecule has 2 heterocycles. The second-order valence-corrected chi connectivity index (χ2v) is 5.34. The van der Waals surface area contributed by atoms with Crippen LogP contribution in [0.1, 0.15) is 38.5 Å². The molecule has 2 saturated heterocycles. The highest BCUT2D eigenvalue weighted by molar-refractivity contribution is 5.78. The molecule has 1 unspecified atom stereocenters. The lowest BCUT2D eigenvalue weighted by Crippen LogP contribution is -2.47. The minimum absolute atomic E-state index is 0.0928. The standard InChI is InChI=1S/C13H23N3O2/c17-12-4-2-11(9-15-12)16-13(18)3-1-10-5-7-14-8-6-10/h10-11,14H,1-9H2,(H,15,17)(H,16,18). The van der Waals surface area contributed by atoms with E-state index in [0.717, 1.165) is 25.9 Å². The summed E-state index contributed by atoms with van der Waals surface area (Å²) in [5.74, 6) is 0.924. The summed E-state index contributed by atoms with van der Waals surface area (Å²) in [6.07, 6.45) is 5.28. The number of nitrogens with one attached hydrogen (secondary N) is 3. The van der Waals surface area contributed by atoms with E-state index >= 15 is 0 Å². The Morgan fingerprint density at radius 2 is 2.06 bits per heavy atom.